The smallest absolute Gasteiger partial charge is 0.269 e. The Morgan fingerprint density at radius 1 is 1.05 bits per heavy atom. The van der Waals surface area contributed by atoms with Crippen molar-refractivity contribution in [3.05, 3.63) is 29.3 Å². The summed E-state index contributed by atoms with van der Waals surface area (Å²) < 4.78 is 0. The minimum atomic E-state index is -1.63. The Kier molecular flexibility index (Phi) is 3.74. The Balaban J connectivity index is 2.01. The maximum atomic E-state index is 11.3. The number of benzene rings is 1. The van der Waals surface area contributed by atoms with E-state index >= 15 is 0 Å². The van der Waals surface area contributed by atoms with Gasteiger partial charge in [-0.05, 0) is 37.1 Å². The van der Waals surface area contributed by atoms with Crippen molar-refractivity contribution in [1.29, 1.82) is 0 Å². The zero-order valence-electron chi connectivity index (χ0n) is 11.2. The van der Waals surface area contributed by atoms with Crippen molar-refractivity contribution < 1.29 is 14.7 Å². The van der Waals surface area contributed by atoms with Gasteiger partial charge in [-0.25, -0.2) is 0 Å². The summed E-state index contributed by atoms with van der Waals surface area (Å²) in [6, 6.07) is 6.24. The third kappa shape index (κ3) is 2.86. The lowest BCUT2D eigenvalue weighted by Crippen LogP contribution is -2.53. The highest BCUT2D eigenvalue weighted by molar-refractivity contribution is 6.30. The molecule has 0 aliphatic carbocycles. The van der Waals surface area contributed by atoms with Gasteiger partial charge in [-0.15, -0.1) is 0 Å². The van der Waals surface area contributed by atoms with Gasteiger partial charge < -0.3 is 19.7 Å². The molecule has 0 N–H and O–H groups in total. The van der Waals surface area contributed by atoms with E-state index in [4.69, 9.17) is 0 Å². The molecule has 1 aromatic rings. The summed E-state index contributed by atoms with van der Waals surface area (Å²) >= 11 is 0. The van der Waals surface area contributed by atoms with E-state index in [0.717, 1.165) is 5.69 Å². The molecule has 0 unspecified atom stereocenters. The average molecular weight is 261 g/mol. The Morgan fingerprint density at radius 3 is 2.21 bits per heavy atom. The Hall–Kier alpha value is -2.04. The molecular formula is C14H17N2O3-. The predicted octanol–water partition coefficient (Wildman–Crippen LogP) is -0.298. The molecule has 1 aliphatic heterocycles. The average Bonchev–Trinajstić information content (AvgIpc) is 2.41. The largest absolute Gasteiger partial charge is 0.540 e. The van der Waals surface area contributed by atoms with Crippen LogP contribution in [0.3, 0.4) is 0 Å². The van der Waals surface area contributed by atoms with Crippen LogP contribution < -0.4 is 10.0 Å². The van der Waals surface area contributed by atoms with Crippen LogP contribution in [-0.4, -0.2) is 43.0 Å². The normalized spacial score (nSPS) is 15.5. The Morgan fingerprint density at radius 2 is 1.68 bits per heavy atom. The number of nitrogens with zero attached hydrogens (tertiary/aromatic N) is 2. The highest BCUT2D eigenvalue weighted by Crippen LogP contribution is 2.20. The van der Waals surface area contributed by atoms with Crippen LogP contribution >= 0.6 is 0 Å². The fraction of sp³-hybridized carbons (Fsp3) is 0.429. The van der Waals surface area contributed by atoms with Gasteiger partial charge in [0.15, 0.2) is 0 Å². The number of aliphatic carboxylic acids is 1. The third-order valence-corrected chi connectivity index (χ3v) is 3.60. The highest BCUT2D eigenvalue weighted by atomic mass is 16.4. The van der Waals surface area contributed by atoms with Gasteiger partial charge in [0.2, 0.25) is 0 Å². The molecule has 5 nitrogen and oxygen atoms in total. The summed E-state index contributed by atoms with van der Waals surface area (Å²) in [5.41, 5.74) is 3.59. The van der Waals surface area contributed by atoms with Gasteiger partial charge in [-0.3, -0.25) is 4.79 Å². The first-order valence-electron chi connectivity index (χ1n) is 6.31. The molecule has 0 spiro atoms. The molecule has 0 radical (unpaired) electrons. The summed E-state index contributed by atoms with van der Waals surface area (Å²) in [4.78, 5) is 25.3. The monoisotopic (exact) mass is 261 g/mol. The summed E-state index contributed by atoms with van der Waals surface area (Å²) in [7, 11) is 0. The number of aryl methyl sites for hydroxylation is 2. The number of piperazine rings is 1. The maximum absolute atomic E-state index is 11.3. The van der Waals surface area contributed by atoms with E-state index < -0.39 is 11.9 Å². The molecule has 1 aliphatic rings. The second-order valence-electron chi connectivity index (χ2n) is 4.84. The third-order valence-electron chi connectivity index (χ3n) is 3.60. The van der Waals surface area contributed by atoms with Crippen molar-refractivity contribution in [2.45, 2.75) is 13.8 Å². The van der Waals surface area contributed by atoms with E-state index in [1.54, 1.807) is 0 Å². The van der Waals surface area contributed by atoms with E-state index in [-0.39, 0.29) is 0 Å². The Labute approximate surface area is 112 Å². The van der Waals surface area contributed by atoms with Gasteiger partial charge in [-0.2, -0.15) is 0 Å². The number of carbonyl (C=O) groups is 2. The second kappa shape index (κ2) is 5.30. The fourth-order valence-corrected chi connectivity index (χ4v) is 2.22. The van der Waals surface area contributed by atoms with Crippen LogP contribution in [0.4, 0.5) is 5.69 Å². The molecule has 1 amide bonds. The van der Waals surface area contributed by atoms with E-state index in [1.807, 2.05) is 0 Å². The lowest BCUT2D eigenvalue weighted by molar-refractivity contribution is -0.301. The minimum Gasteiger partial charge on any atom is -0.540 e. The van der Waals surface area contributed by atoms with Gasteiger partial charge in [0.25, 0.3) is 5.91 Å². The van der Waals surface area contributed by atoms with Gasteiger partial charge in [0.05, 0.1) is 0 Å². The van der Waals surface area contributed by atoms with Crippen molar-refractivity contribution in [1.82, 2.24) is 4.90 Å². The first kappa shape index (κ1) is 13.4. The molecule has 5 heteroatoms. The van der Waals surface area contributed by atoms with Crippen molar-refractivity contribution in [3.8, 4) is 0 Å². The topological polar surface area (TPSA) is 63.7 Å². The lowest BCUT2D eigenvalue weighted by Gasteiger charge is -2.36. The van der Waals surface area contributed by atoms with Crippen molar-refractivity contribution in [2.24, 2.45) is 0 Å². The zero-order valence-corrected chi connectivity index (χ0v) is 11.2. The number of hydrogen-bond donors (Lipinski definition) is 0. The summed E-state index contributed by atoms with van der Waals surface area (Å²) in [5, 5.41) is 10.5. The SMILES string of the molecule is Cc1ccc(N2CCN(C(=O)C(=O)[O-])CC2)cc1C. The zero-order chi connectivity index (χ0) is 14.0. The van der Waals surface area contributed by atoms with Crippen molar-refractivity contribution in [3.63, 3.8) is 0 Å². The van der Waals surface area contributed by atoms with Crippen LogP contribution in [0.25, 0.3) is 0 Å². The molecule has 1 saturated heterocycles. The van der Waals surface area contributed by atoms with Crippen LogP contribution in [0, 0.1) is 13.8 Å². The number of amides is 1. The molecule has 1 heterocycles. The van der Waals surface area contributed by atoms with Crippen LogP contribution in [0.15, 0.2) is 18.2 Å². The number of carbonyl (C=O) groups excluding carboxylic acids is 2. The maximum Gasteiger partial charge on any atom is 0.269 e. The van der Waals surface area contributed by atoms with Crippen LogP contribution in [0.2, 0.25) is 0 Å². The van der Waals surface area contributed by atoms with Gasteiger partial charge in [0.1, 0.15) is 5.97 Å². The van der Waals surface area contributed by atoms with Crippen LogP contribution in [0.5, 0.6) is 0 Å². The number of carboxylic acid groups (broad SMARTS) is 1. The molecule has 1 aromatic carbocycles. The molecule has 0 bridgehead atoms. The molecule has 102 valence electrons. The Bertz CT molecular complexity index is 505. The molecule has 2 rings (SSSR count). The molecule has 19 heavy (non-hydrogen) atoms. The second-order valence-corrected chi connectivity index (χ2v) is 4.84. The van der Waals surface area contributed by atoms with E-state index in [1.165, 1.54) is 16.0 Å². The quantitative estimate of drug-likeness (QED) is 0.651. The van der Waals surface area contributed by atoms with Crippen molar-refractivity contribution >= 4 is 17.6 Å². The summed E-state index contributed by atoms with van der Waals surface area (Å²) in [5.74, 6) is -2.54. The lowest BCUT2D eigenvalue weighted by atomic mass is 10.1. The summed E-state index contributed by atoms with van der Waals surface area (Å²) in [6.07, 6.45) is 0. The minimum absolute atomic E-state index is 0.416. The fourth-order valence-electron chi connectivity index (χ4n) is 2.22. The van der Waals surface area contributed by atoms with E-state index in [2.05, 4.69) is 36.9 Å². The molecular weight excluding hydrogens is 244 g/mol. The summed E-state index contributed by atoms with van der Waals surface area (Å²) in [6.45, 7) is 6.24. The molecule has 1 fully saturated rings. The highest BCUT2D eigenvalue weighted by Gasteiger charge is 2.21. The molecule has 0 atom stereocenters. The standard InChI is InChI=1S/C14H18N2O3/c1-10-3-4-12(9-11(10)2)15-5-7-16(8-6-15)13(17)14(18)19/h3-4,9H,5-8H2,1-2H3,(H,18,19)/p-1. The molecule has 0 aromatic heterocycles. The predicted molar refractivity (Wildman–Crippen MR) is 69.7 cm³/mol. The number of carboxylic acids is 1. The van der Waals surface area contributed by atoms with Gasteiger partial charge >= 0.3 is 0 Å². The first-order valence-corrected chi connectivity index (χ1v) is 6.31. The van der Waals surface area contributed by atoms with E-state index in [9.17, 15) is 14.7 Å². The van der Waals surface area contributed by atoms with Gasteiger partial charge in [0, 0.05) is 31.9 Å². The number of anilines is 1. The van der Waals surface area contributed by atoms with Crippen LogP contribution in [0.1, 0.15) is 11.1 Å². The first-order chi connectivity index (χ1) is 8.99. The number of hydrogen-bond acceptors (Lipinski definition) is 4. The van der Waals surface area contributed by atoms with Crippen molar-refractivity contribution in [2.75, 3.05) is 31.1 Å². The van der Waals surface area contributed by atoms with Gasteiger partial charge in [-0.1, -0.05) is 6.07 Å². The van der Waals surface area contributed by atoms with Crippen LogP contribution in [-0.2, 0) is 9.59 Å². The molecule has 0 saturated carbocycles. The van der Waals surface area contributed by atoms with E-state index in [0.29, 0.717) is 26.2 Å². The number of rotatable bonds is 1.